The fourth-order valence-corrected chi connectivity index (χ4v) is 2.46. The number of nitrogens with one attached hydrogen (secondary N) is 1. The number of hydrogen-bond acceptors (Lipinski definition) is 5. The van der Waals surface area contributed by atoms with Crippen molar-refractivity contribution in [2.45, 2.75) is 52.6 Å². The van der Waals surface area contributed by atoms with E-state index in [9.17, 15) is 0 Å². The van der Waals surface area contributed by atoms with Crippen molar-refractivity contribution in [2.24, 2.45) is 5.41 Å². The number of ether oxygens (including phenoxy) is 1. The third kappa shape index (κ3) is 3.54. The van der Waals surface area contributed by atoms with Crippen LogP contribution in [0.25, 0.3) is 0 Å². The molecule has 2 unspecified atom stereocenters. The number of hydrogen-bond donors (Lipinski definition) is 1. The molecule has 0 aromatic carbocycles. The Balaban J connectivity index is 2.13. The van der Waals surface area contributed by atoms with E-state index in [-0.39, 0.29) is 11.5 Å². The van der Waals surface area contributed by atoms with Crippen LogP contribution in [0.3, 0.4) is 0 Å². The van der Waals surface area contributed by atoms with Gasteiger partial charge in [0.2, 0.25) is 11.7 Å². The highest BCUT2D eigenvalue weighted by Gasteiger charge is 2.32. The second-order valence-electron chi connectivity index (χ2n) is 6.24. The Morgan fingerprint density at radius 3 is 2.84 bits per heavy atom. The Labute approximate surface area is 115 Å². The first-order chi connectivity index (χ1) is 9.02. The minimum Gasteiger partial charge on any atom is -0.370 e. The lowest BCUT2D eigenvalue weighted by Gasteiger charge is -2.27. The van der Waals surface area contributed by atoms with Gasteiger partial charge in [-0.25, -0.2) is 0 Å². The van der Waals surface area contributed by atoms with Crippen LogP contribution in [0.1, 0.15) is 64.3 Å². The fraction of sp³-hybridized carbons (Fsp3) is 0.857. The fourth-order valence-electron chi connectivity index (χ4n) is 2.46. The molecule has 19 heavy (non-hydrogen) atoms. The van der Waals surface area contributed by atoms with Crippen molar-refractivity contribution < 1.29 is 9.26 Å². The minimum absolute atomic E-state index is 0.0397. The lowest BCUT2D eigenvalue weighted by molar-refractivity contribution is -0.0203. The van der Waals surface area contributed by atoms with Gasteiger partial charge in [0.1, 0.15) is 6.10 Å². The van der Waals surface area contributed by atoms with Crippen LogP contribution < -0.4 is 5.32 Å². The SMILES string of the molecule is CCOC(c1noc(C2CCCNC2)n1)C(C)(C)C. The van der Waals surface area contributed by atoms with Crippen molar-refractivity contribution in [2.75, 3.05) is 19.7 Å². The molecular formula is C14H25N3O2. The van der Waals surface area contributed by atoms with Crippen LogP contribution in [-0.4, -0.2) is 29.8 Å². The Morgan fingerprint density at radius 1 is 1.47 bits per heavy atom. The summed E-state index contributed by atoms with van der Waals surface area (Å²) in [6.07, 6.45) is 2.16. The molecule has 0 aliphatic carbocycles. The summed E-state index contributed by atoms with van der Waals surface area (Å²) in [7, 11) is 0. The Morgan fingerprint density at radius 2 is 2.26 bits per heavy atom. The molecule has 0 amide bonds. The second-order valence-corrected chi connectivity index (χ2v) is 6.24. The minimum atomic E-state index is -0.119. The Bertz CT molecular complexity index is 392. The molecule has 1 saturated heterocycles. The van der Waals surface area contributed by atoms with Crippen molar-refractivity contribution >= 4 is 0 Å². The van der Waals surface area contributed by atoms with Crippen LogP contribution in [-0.2, 0) is 4.74 Å². The highest BCUT2D eigenvalue weighted by molar-refractivity contribution is 5.01. The largest absolute Gasteiger partial charge is 0.370 e. The van der Waals surface area contributed by atoms with E-state index in [1.165, 1.54) is 0 Å². The first kappa shape index (κ1) is 14.5. The van der Waals surface area contributed by atoms with E-state index < -0.39 is 0 Å². The van der Waals surface area contributed by atoms with E-state index in [0.717, 1.165) is 31.8 Å². The normalized spacial score (nSPS) is 22.4. The van der Waals surface area contributed by atoms with Crippen LogP contribution in [0.5, 0.6) is 0 Å². The first-order valence-corrected chi connectivity index (χ1v) is 7.18. The van der Waals surface area contributed by atoms with E-state index in [4.69, 9.17) is 9.26 Å². The van der Waals surface area contributed by atoms with Gasteiger partial charge in [-0.05, 0) is 31.7 Å². The average Bonchev–Trinajstić information content (AvgIpc) is 2.84. The molecule has 0 spiro atoms. The molecule has 0 bridgehead atoms. The Kier molecular flexibility index (Phi) is 4.58. The smallest absolute Gasteiger partial charge is 0.231 e. The van der Waals surface area contributed by atoms with E-state index in [2.05, 4.69) is 36.2 Å². The van der Waals surface area contributed by atoms with Gasteiger partial charge in [0.05, 0.1) is 5.92 Å². The van der Waals surface area contributed by atoms with Crippen molar-refractivity contribution in [1.29, 1.82) is 0 Å². The zero-order valence-electron chi connectivity index (χ0n) is 12.4. The van der Waals surface area contributed by atoms with Crippen LogP contribution in [0.4, 0.5) is 0 Å². The molecular weight excluding hydrogens is 242 g/mol. The molecule has 1 aliphatic heterocycles. The quantitative estimate of drug-likeness (QED) is 0.908. The van der Waals surface area contributed by atoms with E-state index >= 15 is 0 Å². The van der Waals surface area contributed by atoms with Crippen molar-refractivity contribution in [3.05, 3.63) is 11.7 Å². The van der Waals surface area contributed by atoms with E-state index in [0.29, 0.717) is 18.3 Å². The second kappa shape index (κ2) is 6.01. The molecule has 1 aromatic heterocycles. The maximum Gasteiger partial charge on any atom is 0.231 e. The van der Waals surface area contributed by atoms with Crippen molar-refractivity contribution in [3.63, 3.8) is 0 Å². The van der Waals surface area contributed by atoms with Gasteiger partial charge in [0, 0.05) is 13.2 Å². The van der Waals surface area contributed by atoms with Gasteiger partial charge in [-0.15, -0.1) is 0 Å². The molecule has 5 heteroatoms. The number of aromatic nitrogens is 2. The topological polar surface area (TPSA) is 60.2 Å². The standard InChI is InChI=1S/C14H25N3O2/c1-5-18-11(14(2,3)4)12-16-13(19-17-12)10-7-6-8-15-9-10/h10-11,15H,5-9H2,1-4H3. The summed E-state index contributed by atoms with van der Waals surface area (Å²) >= 11 is 0. The lowest BCUT2D eigenvalue weighted by atomic mass is 9.88. The maximum absolute atomic E-state index is 5.79. The van der Waals surface area contributed by atoms with Gasteiger partial charge < -0.3 is 14.6 Å². The van der Waals surface area contributed by atoms with Gasteiger partial charge in [0.25, 0.3) is 0 Å². The summed E-state index contributed by atoms with van der Waals surface area (Å²) < 4.78 is 11.2. The molecule has 0 saturated carbocycles. The van der Waals surface area contributed by atoms with Crippen molar-refractivity contribution in [1.82, 2.24) is 15.5 Å². The van der Waals surface area contributed by atoms with E-state index in [1.807, 2.05) is 6.92 Å². The summed E-state index contributed by atoms with van der Waals surface area (Å²) in [5, 5.41) is 7.51. The summed E-state index contributed by atoms with van der Waals surface area (Å²) in [5.41, 5.74) is -0.0397. The third-order valence-corrected chi connectivity index (χ3v) is 3.46. The predicted octanol–water partition coefficient (Wildman–Crippen LogP) is 2.66. The zero-order valence-corrected chi connectivity index (χ0v) is 12.4. The molecule has 2 heterocycles. The third-order valence-electron chi connectivity index (χ3n) is 3.46. The van der Waals surface area contributed by atoms with Gasteiger partial charge >= 0.3 is 0 Å². The number of nitrogens with zero attached hydrogens (tertiary/aromatic N) is 2. The lowest BCUT2D eigenvalue weighted by Crippen LogP contribution is -2.28. The van der Waals surface area contributed by atoms with Crippen LogP contribution >= 0.6 is 0 Å². The summed E-state index contributed by atoms with van der Waals surface area (Å²) in [4.78, 5) is 4.58. The van der Waals surface area contributed by atoms with Gasteiger partial charge in [-0.1, -0.05) is 25.9 Å². The highest BCUT2D eigenvalue weighted by Crippen LogP contribution is 2.35. The van der Waals surface area contributed by atoms with Gasteiger partial charge in [-0.3, -0.25) is 0 Å². The Hall–Kier alpha value is -0.940. The number of piperidine rings is 1. The summed E-state index contributed by atoms with van der Waals surface area (Å²) in [6, 6.07) is 0. The molecule has 5 nitrogen and oxygen atoms in total. The van der Waals surface area contributed by atoms with Crippen LogP contribution in [0.15, 0.2) is 4.52 Å². The monoisotopic (exact) mass is 267 g/mol. The maximum atomic E-state index is 5.79. The molecule has 1 aliphatic rings. The van der Waals surface area contributed by atoms with Crippen molar-refractivity contribution in [3.8, 4) is 0 Å². The first-order valence-electron chi connectivity index (χ1n) is 7.18. The molecule has 108 valence electrons. The van der Waals surface area contributed by atoms with Crippen LogP contribution in [0, 0.1) is 5.41 Å². The van der Waals surface area contributed by atoms with Crippen LogP contribution in [0.2, 0.25) is 0 Å². The highest BCUT2D eigenvalue weighted by atomic mass is 16.5. The molecule has 1 N–H and O–H groups in total. The molecule has 2 rings (SSSR count). The number of rotatable bonds is 4. The van der Waals surface area contributed by atoms with Gasteiger partial charge in [-0.2, -0.15) is 4.98 Å². The molecule has 0 radical (unpaired) electrons. The molecule has 2 atom stereocenters. The predicted molar refractivity (Wildman–Crippen MR) is 73.0 cm³/mol. The van der Waals surface area contributed by atoms with E-state index in [1.54, 1.807) is 0 Å². The summed E-state index contributed by atoms with van der Waals surface area (Å²) in [5.74, 6) is 1.77. The summed E-state index contributed by atoms with van der Waals surface area (Å²) in [6.45, 7) is 11.0. The van der Waals surface area contributed by atoms with Gasteiger partial charge in [0.15, 0.2) is 0 Å². The molecule has 1 fully saturated rings. The zero-order chi connectivity index (χ0) is 13.9. The average molecular weight is 267 g/mol. The molecule has 1 aromatic rings.